The Morgan fingerprint density at radius 2 is 1.64 bits per heavy atom. The summed E-state index contributed by atoms with van der Waals surface area (Å²) < 4.78 is 12.0. The molecule has 0 atom stereocenters. The second-order valence-corrected chi connectivity index (χ2v) is 12.6. The van der Waals surface area contributed by atoms with E-state index in [4.69, 9.17) is 9.16 Å². The van der Waals surface area contributed by atoms with Crippen LogP contribution >= 0.6 is 0 Å². The van der Waals surface area contributed by atoms with Crippen molar-refractivity contribution in [2.75, 3.05) is 0 Å². The predicted molar refractivity (Wildman–Crippen MR) is 105 cm³/mol. The van der Waals surface area contributed by atoms with Crippen molar-refractivity contribution in [3.8, 4) is 5.75 Å². The summed E-state index contributed by atoms with van der Waals surface area (Å²) in [6, 6.07) is 15.6. The van der Waals surface area contributed by atoms with Gasteiger partial charge in [0.1, 0.15) is 12.4 Å². The van der Waals surface area contributed by atoms with Crippen LogP contribution in [0.1, 0.15) is 42.3 Å². The first kappa shape index (κ1) is 19.4. The molecule has 3 nitrogen and oxygen atoms in total. The van der Waals surface area contributed by atoms with Crippen LogP contribution in [0.3, 0.4) is 0 Å². The highest BCUT2D eigenvalue weighted by atomic mass is 28.4. The maximum Gasteiger partial charge on any atom is 0.192 e. The summed E-state index contributed by atoms with van der Waals surface area (Å²) in [5, 5.41) is 0.166. The van der Waals surface area contributed by atoms with Gasteiger partial charge in [0.15, 0.2) is 14.6 Å². The van der Waals surface area contributed by atoms with E-state index < -0.39 is 8.32 Å². The summed E-state index contributed by atoms with van der Waals surface area (Å²) in [6.07, 6.45) is 0.843. The van der Waals surface area contributed by atoms with E-state index in [1.54, 1.807) is 0 Å². The summed E-state index contributed by atoms with van der Waals surface area (Å²) in [4.78, 5) is 11.4. The standard InChI is InChI=1S/C21H28O3Si/c1-21(2,3)25(4,5)24-16-18-11-12-20(19(13-18)14-22)23-15-17-9-7-6-8-10-17/h6-14H,15-16H2,1-5H3. The van der Waals surface area contributed by atoms with E-state index >= 15 is 0 Å². The van der Waals surface area contributed by atoms with Crippen molar-refractivity contribution in [3.05, 3.63) is 65.2 Å². The largest absolute Gasteiger partial charge is 0.488 e. The fourth-order valence-electron chi connectivity index (χ4n) is 2.13. The predicted octanol–water partition coefficient (Wildman–Crippen LogP) is 5.60. The number of rotatable bonds is 7. The van der Waals surface area contributed by atoms with Gasteiger partial charge in [-0.2, -0.15) is 0 Å². The summed E-state index contributed by atoms with van der Waals surface area (Å²) in [5.74, 6) is 0.606. The lowest BCUT2D eigenvalue weighted by molar-refractivity contribution is 0.111. The maximum absolute atomic E-state index is 11.4. The van der Waals surface area contributed by atoms with E-state index in [2.05, 4.69) is 33.9 Å². The summed E-state index contributed by atoms with van der Waals surface area (Å²) in [6.45, 7) is 12.1. The van der Waals surface area contributed by atoms with Gasteiger partial charge in [0.2, 0.25) is 0 Å². The van der Waals surface area contributed by atoms with Gasteiger partial charge in [-0.1, -0.05) is 57.2 Å². The zero-order valence-electron chi connectivity index (χ0n) is 15.8. The number of aldehydes is 1. The monoisotopic (exact) mass is 356 g/mol. The molecule has 0 saturated heterocycles. The number of carbonyl (C=O) groups excluding carboxylic acids is 1. The minimum atomic E-state index is -1.81. The lowest BCUT2D eigenvalue weighted by Gasteiger charge is -2.36. The van der Waals surface area contributed by atoms with Crippen LogP contribution in [0.4, 0.5) is 0 Å². The molecule has 0 amide bonds. The molecule has 0 N–H and O–H groups in total. The van der Waals surface area contributed by atoms with Crippen LogP contribution in [0, 0.1) is 0 Å². The molecular formula is C21H28O3Si. The van der Waals surface area contributed by atoms with Gasteiger partial charge < -0.3 is 9.16 Å². The molecule has 0 fully saturated rings. The highest BCUT2D eigenvalue weighted by molar-refractivity contribution is 6.74. The molecule has 0 bridgehead atoms. The molecule has 2 aromatic rings. The normalized spacial score (nSPS) is 12.0. The molecule has 25 heavy (non-hydrogen) atoms. The molecule has 134 valence electrons. The minimum Gasteiger partial charge on any atom is -0.488 e. The van der Waals surface area contributed by atoms with Crippen molar-refractivity contribution in [1.82, 2.24) is 0 Å². The number of benzene rings is 2. The van der Waals surface area contributed by atoms with Crippen LogP contribution in [0.2, 0.25) is 18.1 Å². The van der Waals surface area contributed by atoms with E-state index in [0.717, 1.165) is 17.4 Å². The van der Waals surface area contributed by atoms with Crippen molar-refractivity contribution in [3.63, 3.8) is 0 Å². The lowest BCUT2D eigenvalue weighted by atomic mass is 10.1. The third-order valence-electron chi connectivity index (χ3n) is 4.84. The van der Waals surface area contributed by atoms with Crippen molar-refractivity contribution in [1.29, 1.82) is 0 Å². The number of hydrogen-bond acceptors (Lipinski definition) is 3. The molecule has 0 unspecified atom stereocenters. The Kier molecular flexibility index (Phi) is 6.19. The van der Waals surface area contributed by atoms with Crippen LogP contribution in [0.25, 0.3) is 0 Å². The molecular weight excluding hydrogens is 328 g/mol. The van der Waals surface area contributed by atoms with Gasteiger partial charge in [0, 0.05) is 0 Å². The van der Waals surface area contributed by atoms with Gasteiger partial charge in [0.25, 0.3) is 0 Å². The zero-order valence-corrected chi connectivity index (χ0v) is 16.8. The number of ether oxygens (including phenoxy) is 1. The molecule has 0 aliphatic rings. The highest BCUT2D eigenvalue weighted by Crippen LogP contribution is 2.37. The van der Waals surface area contributed by atoms with Crippen LogP contribution in [-0.4, -0.2) is 14.6 Å². The Morgan fingerprint density at radius 3 is 2.24 bits per heavy atom. The van der Waals surface area contributed by atoms with Crippen molar-refractivity contribution >= 4 is 14.6 Å². The molecule has 4 heteroatoms. The second-order valence-electron chi connectivity index (χ2n) is 7.81. The van der Waals surface area contributed by atoms with Crippen molar-refractivity contribution in [2.24, 2.45) is 0 Å². The van der Waals surface area contributed by atoms with Gasteiger partial charge >= 0.3 is 0 Å². The first-order valence-corrected chi connectivity index (χ1v) is 11.5. The minimum absolute atomic E-state index is 0.166. The van der Waals surface area contributed by atoms with Gasteiger partial charge in [-0.05, 0) is 41.4 Å². The van der Waals surface area contributed by atoms with E-state index in [0.29, 0.717) is 24.5 Å². The molecule has 0 radical (unpaired) electrons. The molecule has 0 aliphatic carbocycles. The Morgan fingerprint density at radius 1 is 0.960 bits per heavy atom. The quantitative estimate of drug-likeness (QED) is 0.478. The average molecular weight is 357 g/mol. The van der Waals surface area contributed by atoms with Gasteiger partial charge in [0.05, 0.1) is 12.2 Å². The molecule has 0 aliphatic heterocycles. The van der Waals surface area contributed by atoms with Gasteiger partial charge in [-0.15, -0.1) is 0 Å². The molecule has 0 aromatic heterocycles. The lowest BCUT2D eigenvalue weighted by Crippen LogP contribution is -2.40. The molecule has 0 saturated carbocycles. The fraction of sp³-hybridized carbons (Fsp3) is 0.381. The average Bonchev–Trinajstić information content (AvgIpc) is 2.58. The smallest absolute Gasteiger partial charge is 0.192 e. The maximum atomic E-state index is 11.4. The van der Waals surface area contributed by atoms with Gasteiger partial charge in [-0.3, -0.25) is 4.79 Å². The third-order valence-corrected chi connectivity index (χ3v) is 9.32. The summed E-state index contributed by atoms with van der Waals surface area (Å²) in [5.41, 5.74) is 2.64. The molecule has 2 aromatic carbocycles. The van der Waals surface area contributed by atoms with Crippen LogP contribution in [-0.2, 0) is 17.6 Å². The summed E-state index contributed by atoms with van der Waals surface area (Å²) >= 11 is 0. The highest BCUT2D eigenvalue weighted by Gasteiger charge is 2.37. The fourth-order valence-corrected chi connectivity index (χ4v) is 3.09. The third kappa shape index (κ3) is 5.28. The Hall–Kier alpha value is -1.91. The van der Waals surface area contributed by atoms with Gasteiger partial charge in [-0.25, -0.2) is 0 Å². The Balaban J connectivity index is 2.05. The first-order chi connectivity index (χ1) is 11.7. The summed E-state index contributed by atoms with van der Waals surface area (Å²) in [7, 11) is -1.81. The number of carbonyl (C=O) groups is 1. The van der Waals surface area contributed by atoms with E-state index in [9.17, 15) is 4.79 Å². The zero-order chi connectivity index (χ0) is 18.5. The number of hydrogen-bond donors (Lipinski definition) is 0. The SMILES string of the molecule is CC(C)(C)[Si](C)(C)OCc1ccc(OCc2ccccc2)c(C=O)c1. The first-order valence-electron chi connectivity index (χ1n) is 8.62. The van der Waals surface area contributed by atoms with E-state index in [1.807, 2.05) is 48.5 Å². The molecule has 0 spiro atoms. The topological polar surface area (TPSA) is 35.5 Å². The van der Waals surface area contributed by atoms with Crippen molar-refractivity contribution < 1.29 is 14.0 Å². The Bertz CT molecular complexity index is 703. The van der Waals surface area contributed by atoms with Crippen LogP contribution < -0.4 is 4.74 Å². The van der Waals surface area contributed by atoms with Crippen molar-refractivity contribution in [2.45, 2.75) is 52.1 Å². The second kappa shape index (κ2) is 7.98. The van der Waals surface area contributed by atoms with Crippen LogP contribution in [0.15, 0.2) is 48.5 Å². The van der Waals surface area contributed by atoms with Crippen LogP contribution in [0.5, 0.6) is 5.75 Å². The Labute approximate surface area is 152 Å². The molecule has 2 rings (SSSR count). The van der Waals surface area contributed by atoms with E-state index in [1.165, 1.54) is 0 Å². The molecule has 0 heterocycles. The van der Waals surface area contributed by atoms with E-state index in [-0.39, 0.29) is 5.04 Å².